The Morgan fingerprint density at radius 1 is 1.40 bits per heavy atom. The minimum Gasteiger partial charge on any atom is -0.467 e. The van der Waals surface area contributed by atoms with Crippen molar-refractivity contribution in [2.45, 2.75) is 70.0 Å². The summed E-state index contributed by atoms with van der Waals surface area (Å²) in [7, 11) is 1.32. The molecular weight excluding hydrogens is 344 g/mol. The molecule has 8 heteroatoms. The lowest BCUT2D eigenvalue weighted by atomic mass is 9.87. The third-order valence-corrected chi connectivity index (χ3v) is 5.52. The van der Waals surface area contributed by atoms with Gasteiger partial charge in [-0.05, 0) is 33.1 Å². The number of carbonyl (C=O) groups is 3. The lowest BCUT2D eigenvalue weighted by molar-refractivity contribution is -0.151. The molecule has 0 spiro atoms. The lowest BCUT2D eigenvalue weighted by Gasteiger charge is -2.32. The molecule has 0 aromatic carbocycles. The van der Waals surface area contributed by atoms with Crippen LogP contribution in [0.25, 0.3) is 0 Å². The van der Waals surface area contributed by atoms with Crippen LogP contribution in [0.1, 0.15) is 47.5 Å². The van der Waals surface area contributed by atoms with Crippen LogP contribution in [0.5, 0.6) is 0 Å². The van der Waals surface area contributed by atoms with Crippen molar-refractivity contribution in [3.8, 4) is 0 Å². The van der Waals surface area contributed by atoms with Crippen LogP contribution in [0.2, 0.25) is 0 Å². The molecule has 0 aromatic heterocycles. The first kappa shape index (κ1) is 19.9. The maximum atomic E-state index is 13.2. The summed E-state index contributed by atoms with van der Waals surface area (Å²) in [4.78, 5) is 39.1. The largest absolute Gasteiger partial charge is 0.467 e. The zero-order chi connectivity index (χ0) is 19.0. The predicted molar refractivity (Wildman–Crippen MR) is 95.1 cm³/mol. The third kappa shape index (κ3) is 4.22. The van der Waals surface area contributed by atoms with Crippen LogP contribution in [0.4, 0.5) is 4.79 Å². The Bertz CT molecular complexity index is 560. The van der Waals surface area contributed by atoms with E-state index in [1.165, 1.54) is 7.11 Å². The number of esters is 1. The van der Waals surface area contributed by atoms with Gasteiger partial charge in [-0.15, -0.1) is 11.8 Å². The number of hydrogen-bond donors (Lipinski definition) is 1. The number of carbonyl (C=O) groups excluding carboxylic acids is 3. The van der Waals surface area contributed by atoms with E-state index >= 15 is 0 Å². The van der Waals surface area contributed by atoms with Gasteiger partial charge in [-0.3, -0.25) is 4.79 Å². The highest BCUT2D eigenvalue weighted by Gasteiger charge is 2.59. The van der Waals surface area contributed by atoms with Gasteiger partial charge in [0.05, 0.1) is 12.5 Å². The predicted octanol–water partition coefficient (Wildman–Crippen LogP) is 2.14. The summed E-state index contributed by atoms with van der Waals surface area (Å²) in [6, 6.07) is -0.595. The van der Waals surface area contributed by atoms with Crippen molar-refractivity contribution in [3.63, 3.8) is 0 Å². The Hall–Kier alpha value is -1.44. The first-order chi connectivity index (χ1) is 11.5. The fraction of sp³-hybridized carbons (Fsp3) is 0.824. The molecule has 2 rings (SSSR count). The van der Waals surface area contributed by atoms with E-state index in [2.05, 4.69) is 5.32 Å². The number of ether oxygens (including phenoxy) is 2. The number of nitrogens with zero attached hydrogens (tertiary/aromatic N) is 1. The molecular formula is C17H28N2O5S. The molecule has 2 aliphatic heterocycles. The van der Waals surface area contributed by atoms with Gasteiger partial charge >= 0.3 is 12.1 Å². The van der Waals surface area contributed by atoms with Crippen LogP contribution in [-0.2, 0) is 19.1 Å². The normalized spacial score (nSPS) is 28.9. The van der Waals surface area contributed by atoms with Crippen LogP contribution >= 0.6 is 11.8 Å². The highest BCUT2D eigenvalue weighted by atomic mass is 32.2. The SMILES string of the molecule is COC(=O)[C@H]1CS[C@@H]2C[C@@](CC(C)C)(NC(=O)OC(C)(C)C)C(=O)N12. The van der Waals surface area contributed by atoms with Crippen LogP contribution in [0, 0.1) is 5.92 Å². The van der Waals surface area contributed by atoms with Crippen molar-refractivity contribution < 1.29 is 23.9 Å². The topological polar surface area (TPSA) is 84.9 Å². The Labute approximate surface area is 153 Å². The van der Waals surface area contributed by atoms with Gasteiger partial charge in [0, 0.05) is 12.2 Å². The maximum Gasteiger partial charge on any atom is 0.408 e. The van der Waals surface area contributed by atoms with E-state index in [4.69, 9.17) is 9.47 Å². The third-order valence-electron chi connectivity index (χ3n) is 4.23. The standard InChI is InChI=1S/C17H28N2O5S/c1-10(2)7-17(18-15(22)24-16(3,4)5)8-12-19(14(17)21)11(9-25-12)13(20)23-6/h10-12H,7-9H2,1-6H3,(H,18,22)/t11-,12-,17-/m1/s1. The van der Waals surface area contributed by atoms with E-state index in [9.17, 15) is 14.4 Å². The Morgan fingerprint density at radius 2 is 2.04 bits per heavy atom. The van der Waals surface area contributed by atoms with E-state index in [1.54, 1.807) is 37.4 Å². The average molecular weight is 372 g/mol. The fourth-order valence-electron chi connectivity index (χ4n) is 3.47. The second kappa shape index (κ2) is 7.05. The number of methoxy groups -OCH3 is 1. The summed E-state index contributed by atoms with van der Waals surface area (Å²) in [5, 5.41) is 2.68. The van der Waals surface area contributed by atoms with Gasteiger partial charge in [-0.25, -0.2) is 9.59 Å². The molecule has 2 fully saturated rings. The molecule has 3 atom stereocenters. The first-order valence-electron chi connectivity index (χ1n) is 8.52. The highest BCUT2D eigenvalue weighted by Crippen LogP contribution is 2.44. The summed E-state index contributed by atoms with van der Waals surface area (Å²) < 4.78 is 10.2. The molecule has 2 saturated heterocycles. The van der Waals surface area contributed by atoms with Crippen molar-refractivity contribution in [1.82, 2.24) is 10.2 Å². The fourth-order valence-corrected chi connectivity index (χ4v) is 4.97. The van der Waals surface area contributed by atoms with Gasteiger partial charge in [-0.2, -0.15) is 0 Å². The number of amides is 2. The summed E-state index contributed by atoms with van der Waals surface area (Å²) in [5.41, 5.74) is -1.69. The molecule has 142 valence electrons. The van der Waals surface area contributed by atoms with Crippen LogP contribution < -0.4 is 5.32 Å². The van der Waals surface area contributed by atoms with Gasteiger partial charge in [0.2, 0.25) is 5.91 Å². The molecule has 7 nitrogen and oxygen atoms in total. The number of hydrogen-bond acceptors (Lipinski definition) is 6. The number of rotatable bonds is 4. The van der Waals surface area contributed by atoms with Crippen molar-refractivity contribution in [3.05, 3.63) is 0 Å². The first-order valence-corrected chi connectivity index (χ1v) is 9.57. The van der Waals surface area contributed by atoms with Crippen molar-refractivity contribution in [2.24, 2.45) is 5.92 Å². The molecule has 0 aliphatic carbocycles. The average Bonchev–Trinajstić information content (AvgIpc) is 2.95. The molecule has 1 N–H and O–H groups in total. The van der Waals surface area contributed by atoms with Crippen LogP contribution in [0.15, 0.2) is 0 Å². The quantitative estimate of drug-likeness (QED) is 0.761. The molecule has 2 heterocycles. The smallest absolute Gasteiger partial charge is 0.408 e. The van der Waals surface area contributed by atoms with Gasteiger partial charge in [0.15, 0.2) is 0 Å². The summed E-state index contributed by atoms with van der Waals surface area (Å²) in [5.74, 6) is 0.0757. The maximum absolute atomic E-state index is 13.2. The van der Waals surface area contributed by atoms with Gasteiger partial charge in [-0.1, -0.05) is 13.8 Å². The molecule has 25 heavy (non-hydrogen) atoms. The van der Waals surface area contributed by atoms with Gasteiger partial charge in [0.25, 0.3) is 0 Å². The van der Waals surface area contributed by atoms with E-state index in [1.807, 2.05) is 13.8 Å². The minimum atomic E-state index is -1.04. The second-order valence-corrected chi connectivity index (χ2v) is 9.26. The number of fused-ring (bicyclic) bond motifs is 1. The summed E-state index contributed by atoms with van der Waals surface area (Å²) in [6.45, 7) is 9.33. The molecule has 0 bridgehead atoms. The number of alkyl carbamates (subject to hydrolysis) is 1. The molecule has 0 aromatic rings. The van der Waals surface area contributed by atoms with E-state index in [0.29, 0.717) is 18.6 Å². The Balaban J connectivity index is 2.25. The molecule has 2 aliphatic rings. The Kier molecular flexibility index (Phi) is 5.61. The van der Waals surface area contributed by atoms with Crippen molar-refractivity contribution in [1.29, 1.82) is 0 Å². The zero-order valence-corrected chi connectivity index (χ0v) is 16.6. The zero-order valence-electron chi connectivity index (χ0n) is 15.8. The monoisotopic (exact) mass is 372 g/mol. The lowest BCUT2D eigenvalue weighted by Crippen LogP contribution is -2.57. The van der Waals surface area contributed by atoms with Crippen LogP contribution in [0.3, 0.4) is 0 Å². The second-order valence-electron chi connectivity index (χ2n) is 8.05. The highest BCUT2D eigenvalue weighted by molar-refractivity contribution is 8.00. The summed E-state index contributed by atoms with van der Waals surface area (Å²) in [6.07, 6.45) is 0.343. The van der Waals surface area contributed by atoms with Crippen molar-refractivity contribution in [2.75, 3.05) is 12.9 Å². The molecule has 0 unspecified atom stereocenters. The molecule has 0 radical (unpaired) electrons. The van der Waals surface area contributed by atoms with E-state index < -0.39 is 29.2 Å². The minimum absolute atomic E-state index is 0.134. The van der Waals surface area contributed by atoms with Gasteiger partial charge < -0.3 is 19.7 Å². The molecule has 2 amide bonds. The van der Waals surface area contributed by atoms with Gasteiger partial charge in [0.1, 0.15) is 17.2 Å². The van der Waals surface area contributed by atoms with E-state index in [-0.39, 0.29) is 17.2 Å². The Morgan fingerprint density at radius 3 is 2.56 bits per heavy atom. The summed E-state index contributed by atoms with van der Waals surface area (Å²) >= 11 is 1.55. The van der Waals surface area contributed by atoms with E-state index in [0.717, 1.165) is 0 Å². The van der Waals surface area contributed by atoms with Crippen molar-refractivity contribution >= 4 is 29.7 Å². The van der Waals surface area contributed by atoms with Crippen LogP contribution in [-0.4, -0.2) is 58.3 Å². The number of nitrogens with one attached hydrogen (secondary N) is 1. The molecule has 0 saturated carbocycles. The number of thioether (sulfide) groups is 1.